The number of ether oxygens (including phenoxy) is 1. The molecule has 0 aliphatic carbocycles. The van der Waals surface area contributed by atoms with Crippen LogP contribution in [-0.2, 0) is 4.74 Å². The SMILES string of the molecule is CC(C)(C)OC(=O)N1CCC2NCCC(O)C2C1. The normalized spacial score (nSPS) is 32.9. The molecule has 0 spiro atoms. The smallest absolute Gasteiger partial charge is 0.410 e. The number of hydrogen-bond acceptors (Lipinski definition) is 4. The van der Waals surface area contributed by atoms with Gasteiger partial charge in [-0.15, -0.1) is 0 Å². The molecule has 5 nitrogen and oxygen atoms in total. The first kappa shape index (κ1) is 13.6. The second-order valence-electron chi connectivity index (χ2n) is 6.30. The minimum absolute atomic E-state index is 0.139. The molecule has 0 aromatic rings. The van der Waals surface area contributed by atoms with Crippen molar-refractivity contribution in [2.45, 2.75) is 51.4 Å². The molecule has 0 aromatic heterocycles. The number of aliphatic hydroxyl groups is 1. The quantitative estimate of drug-likeness (QED) is 0.678. The number of nitrogens with one attached hydrogen (secondary N) is 1. The Morgan fingerprint density at radius 2 is 2.11 bits per heavy atom. The largest absolute Gasteiger partial charge is 0.444 e. The summed E-state index contributed by atoms with van der Waals surface area (Å²) in [5.74, 6) is 0.139. The summed E-state index contributed by atoms with van der Waals surface area (Å²) in [5, 5.41) is 13.4. The first-order chi connectivity index (χ1) is 8.37. The van der Waals surface area contributed by atoms with Crippen molar-refractivity contribution in [3.8, 4) is 0 Å². The molecule has 1 amide bonds. The molecule has 2 rings (SSSR count). The fourth-order valence-electron chi connectivity index (χ4n) is 2.75. The van der Waals surface area contributed by atoms with Gasteiger partial charge in [-0.3, -0.25) is 0 Å². The van der Waals surface area contributed by atoms with Gasteiger partial charge in [-0.2, -0.15) is 0 Å². The molecule has 3 atom stereocenters. The van der Waals surface area contributed by atoms with Crippen LogP contribution in [0.2, 0.25) is 0 Å². The van der Waals surface area contributed by atoms with E-state index in [0.29, 0.717) is 19.1 Å². The Bertz CT molecular complexity index is 314. The van der Waals surface area contributed by atoms with Crippen molar-refractivity contribution >= 4 is 6.09 Å². The maximum absolute atomic E-state index is 12.0. The Balaban J connectivity index is 1.94. The van der Waals surface area contributed by atoms with E-state index in [1.165, 1.54) is 0 Å². The van der Waals surface area contributed by atoms with Crippen LogP contribution >= 0.6 is 0 Å². The molecule has 2 heterocycles. The number of hydrogen-bond donors (Lipinski definition) is 2. The molecule has 104 valence electrons. The first-order valence-electron chi connectivity index (χ1n) is 6.76. The Morgan fingerprint density at radius 3 is 2.78 bits per heavy atom. The highest BCUT2D eigenvalue weighted by Crippen LogP contribution is 2.26. The predicted octanol–water partition coefficient (Wildman–Crippen LogP) is 0.966. The second kappa shape index (κ2) is 5.05. The van der Waals surface area contributed by atoms with Gasteiger partial charge in [0.05, 0.1) is 6.10 Å². The third-order valence-corrected chi connectivity index (χ3v) is 3.65. The van der Waals surface area contributed by atoms with Crippen molar-refractivity contribution in [2.75, 3.05) is 19.6 Å². The molecule has 18 heavy (non-hydrogen) atoms. The second-order valence-corrected chi connectivity index (χ2v) is 6.30. The fraction of sp³-hybridized carbons (Fsp3) is 0.923. The number of aliphatic hydroxyl groups excluding tert-OH is 1. The number of carbonyl (C=O) groups is 1. The van der Waals surface area contributed by atoms with Gasteiger partial charge in [0.15, 0.2) is 0 Å². The number of fused-ring (bicyclic) bond motifs is 1. The lowest BCUT2D eigenvalue weighted by Crippen LogP contribution is -2.58. The lowest BCUT2D eigenvalue weighted by Gasteiger charge is -2.44. The lowest BCUT2D eigenvalue weighted by molar-refractivity contribution is -0.0172. The lowest BCUT2D eigenvalue weighted by atomic mass is 9.83. The van der Waals surface area contributed by atoms with E-state index in [1.807, 2.05) is 20.8 Å². The molecule has 0 aromatic carbocycles. The van der Waals surface area contributed by atoms with Crippen molar-refractivity contribution in [1.29, 1.82) is 0 Å². The molecule has 0 radical (unpaired) electrons. The Labute approximate surface area is 108 Å². The molecule has 2 N–H and O–H groups in total. The van der Waals surface area contributed by atoms with E-state index in [4.69, 9.17) is 4.74 Å². The van der Waals surface area contributed by atoms with Crippen molar-refractivity contribution < 1.29 is 14.6 Å². The van der Waals surface area contributed by atoms with Crippen LogP contribution in [-0.4, -0.2) is 53.5 Å². The Hall–Kier alpha value is -0.810. The number of carbonyl (C=O) groups excluding carboxylic acids is 1. The van der Waals surface area contributed by atoms with Crippen LogP contribution in [0.25, 0.3) is 0 Å². The molecule has 3 unspecified atom stereocenters. The third kappa shape index (κ3) is 3.14. The predicted molar refractivity (Wildman–Crippen MR) is 68.3 cm³/mol. The number of rotatable bonds is 0. The average molecular weight is 256 g/mol. The van der Waals surface area contributed by atoms with Gasteiger partial charge in [0, 0.05) is 25.0 Å². The van der Waals surface area contributed by atoms with E-state index in [2.05, 4.69) is 5.32 Å². The molecule has 2 fully saturated rings. The summed E-state index contributed by atoms with van der Waals surface area (Å²) < 4.78 is 5.38. The minimum atomic E-state index is -0.461. The Morgan fingerprint density at radius 1 is 1.39 bits per heavy atom. The van der Waals surface area contributed by atoms with Crippen molar-refractivity contribution in [3.05, 3.63) is 0 Å². The Kier molecular flexibility index (Phi) is 3.82. The summed E-state index contributed by atoms with van der Waals surface area (Å²) in [7, 11) is 0. The molecule has 0 bridgehead atoms. The van der Waals surface area contributed by atoms with E-state index in [1.54, 1.807) is 4.90 Å². The fourth-order valence-corrected chi connectivity index (χ4v) is 2.75. The van der Waals surface area contributed by atoms with E-state index in [9.17, 15) is 9.90 Å². The van der Waals surface area contributed by atoms with Crippen LogP contribution in [0.1, 0.15) is 33.6 Å². The summed E-state index contributed by atoms with van der Waals surface area (Å²) >= 11 is 0. The van der Waals surface area contributed by atoms with Gasteiger partial charge < -0.3 is 20.1 Å². The van der Waals surface area contributed by atoms with Gasteiger partial charge >= 0.3 is 6.09 Å². The van der Waals surface area contributed by atoms with Crippen LogP contribution in [0, 0.1) is 5.92 Å². The highest BCUT2D eigenvalue weighted by atomic mass is 16.6. The molecule has 2 aliphatic heterocycles. The van der Waals surface area contributed by atoms with Crippen LogP contribution in [0.15, 0.2) is 0 Å². The molecule has 5 heteroatoms. The number of piperidine rings is 2. The van der Waals surface area contributed by atoms with E-state index in [-0.39, 0.29) is 18.1 Å². The molecule has 0 saturated carbocycles. The van der Waals surface area contributed by atoms with Crippen LogP contribution < -0.4 is 5.32 Å². The van der Waals surface area contributed by atoms with Crippen molar-refractivity contribution in [3.63, 3.8) is 0 Å². The van der Waals surface area contributed by atoms with E-state index >= 15 is 0 Å². The van der Waals surface area contributed by atoms with Crippen LogP contribution in [0.4, 0.5) is 4.79 Å². The number of nitrogens with zero attached hydrogens (tertiary/aromatic N) is 1. The zero-order valence-electron chi connectivity index (χ0n) is 11.5. The van der Waals surface area contributed by atoms with Crippen LogP contribution in [0.5, 0.6) is 0 Å². The van der Waals surface area contributed by atoms with E-state index in [0.717, 1.165) is 19.4 Å². The number of likely N-dealkylation sites (tertiary alicyclic amines) is 1. The van der Waals surface area contributed by atoms with Gasteiger partial charge in [-0.25, -0.2) is 4.79 Å². The van der Waals surface area contributed by atoms with Gasteiger partial charge in [-0.1, -0.05) is 0 Å². The first-order valence-corrected chi connectivity index (χ1v) is 6.76. The summed E-state index contributed by atoms with van der Waals surface area (Å²) in [6, 6.07) is 0.340. The van der Waals surface area contributed by atoms with Gasteiger partial charge in [-0.05, 0) is 40.2 Å². The maximum Gasteiger partial charge on any atom is 0.410 e. The van der Waals surface area contributed by atoms with Gasteiger partial charge in [0.25, 0.3) is 0 Å². The molecule has 2 saturated heterocycles. The maximum atomic E-state index is 12.0. The highest BCUT2D eigenvalue weighted by Gasteiger charge is 2.38. The average Bonchev–Trinajstić information content (AvgIpc) is 2.27. The summed E-state index contributed by atoms with van der Waals surface area (Å²) in [4.78, 5) is 13.7. The molecular formula is C13H24N2O3. The topological polar surface area (TPSA) is 61.8 Å². The van der Waals surface area contributed by atoms with Crippen molar-refractivity contribution in [1.82, 2.24) is 10.2 Å². The summed E-state index contributed by atoms with van der Waals surface area (Å²) in [5.41, 5.74) is -0.461. The zero-order valence-corrected chi connectivity index (χ0v) is 11.5. The third-order valence-electron chi connectivity index (χ3n) is 3.65. The molecular weight excluding hydrogens is 232 g/mol. The minimum Gasteiger partial charge on any atom is -0.444 e. The number of amides is 1. The van der Waals surface area contributed by atoms with Crippen LogP contribution in [0.3, 0.4) is 0 Å². The molecule has 2 aliphatic rings. The zero-order chi connectivity index (χ0) is 13.3. The summed E-state index contributed by atoms with van der Waals surface area (Å²) in [6.45, 7) is 7.77. The standard InChI is InChI=1S/C13H24N2O3/c1-13(2,3)18-12(17)15-7-5-10-9(8-15)11(16)4-6-14-10/h9-11,14,16H,4-8H2,1-3H3. The van der Waals surface area contributed by atoms with Gasteiger partial charge in [0.2, 0.25) is 0 Å². The highest BCUT2D eigenvalue weighted by molar-refractivity contribution is 5.68. The van der Waals surface area contributed by atoms with E-state index < -0.39 is 5.60 Å². The van der Waals surface area contributed by atoms with Gasteiger partial charge in [0.1, 0.15) is 5.60 Å². The monoisotopic (exact) mass is 256 g/mol. The summed E-state index contributed by atoms with van der Waals surface area (Å²) in [6.07, 6.45) is 1.09. The van der Waals surface area contributed by atoms with Crippen molar-refractivity contribution in [2.24, 2.45) is 5.92 Å².